The van der Waals surface area contributed by atoms with Crippen LogP contribution in [0.15, 0.2) is 30.3 Å². The summed E-state index contributed by atoms with van der Waals surface area (Å²) in [5.41, 5.74) is 5.08. The van der Waals surface area contributed by atoms with Crippen molar-refractivity contribution in [3.05, 3.63) is 35.9 Å². The van der Waals surface area contributed by atoms with Crippen molar-refractivity contribution >= 4 is 0 Å². The van der Waals surface area contributed by atoms with Crippen LogP contribution in [0, 0.1) is 5.92 Å². The molecule has 1 aliphatic heterocycles. The van der Waals surface area contributed by atoms with Crippen molar-refractivity contribution in [3.63, 3.8) is 0 Å². The van der Waals surface area contributed by atoms with E-state index in [4.69, 9.17) is 10.5 Å². The quantitative estimate of drug-likeness (QED) is 0.917. The molecule has 0 bridgehead atoms. The van der Waals surface area contributed by atoms with Gasteiger partial charge in [-0.1, -0.05) is 43.2 Å². The molecule has 2 atom stereocenters. The van der Waals surface area contributed by atoms with Gasteiger partial charge in [0.05, 0.1) is 5.60 Å². The van der Waals surface area contributed by atoms with Crippen LogP contribution in [-0.4, -0.2) is 18.8 Å². The standard InChI is InChI=1S/C17H24FNO/c18-17(13-19,14-6-2-1-3-7-14)15-8-11-20-16(12-15)9-4-5-10-16/h1-3,6-7,15H,4-5,8-13,19H2. The van der Waals surface area contributed by atoms with E-state index in [0.29, 0.717) is 6.61 Å². The molecular formula is C17H24FNO. The zero-order chi connectivity index (χ0) is 14.1. The average Bonchev–Trinajstić information content (AvgIpc) is 2.95. The number of rotatable bonds is 3. The summed E-state index contributed by atoms with van der Waals surface area (Å²) in [6.07, 6.45) is 6.16. The molecule has 1 saturated carbocycles. The van der Waals surface area contributed by atoms with Crippen LogP contribution in [0.3, 0.4) is 0 Å². The van der Waals surface area contributed by atoms with Gasteiger partial charge in [0.15, 0.2) is 5.67 Å². The van der Waals surface area contributed by atoms with Crippen LogP contribution in [0.5, 0.6) is 0 Å². The molecule has 1 heterocycles. The molecule has 1 aliphatic carbocycles. The molecule has 2 aliphatic rings. The van der Waals surface area contributed by atoms with E-state index in [0.717, 1.165) is 31.2 Å². The van der Waals surface area contributed by atoms with Crippen molar-refractivity contribution in [3.8, 4) is 0 Å². The maximum Gasteiger partial charge on any atom is 0.151 e. The molecule has 0 aromatic heterocycles. The lowest BCUT2D eigenvalue weighted by molar-refractivity contribution is -0.121. The van der Waals surface area contributed by atoms with E-state index in [1.807, 2.05) is 30.3 Å². The number of nitrogens with two attached hydrogens (primary N) is 1. The number of alkyl halides is 1. The fourth-order valence-electron chi connectivity index (χ4n) is 4.02. The van der Waals surface area contributed by atoms with Gasteiger partial charge in [-0.2, -0.15) is 0 Å². The van der Waals surface area contributed by atoms with Crippen molar-refractivity contribution in [2.45, 2.75) is 49.8 Å². The number of hydrogen-bond acceptors (Lipinski definition) is 2. The first-order valence-corrected chi connectivity index (χ1v) is 7.77. The smallest absolute Gasteiger partial charge is 0.151 e. The first-order chi connectivity index (χ1) is 9.69. The second-order valence-corrected chi connectivity index (χ2v) is 6.36. The van der Waals surface area contributed by atoms with Crippen molar-refractivity contribution in [2.24, 2.45) is 11.7 Å². The summed E-state index contributed by atoms with van der Waals surface area (Å²) in [5.74, 6) is -0.0262. The molecule has 20 heavy (non-hydrogen) atoms. The van der Waals surface area contributed by atoms with Crippen molar-refractivity contribution in [1.82, 2.24) is 0 Å². The van der Waals surface area contributed by atoms with Crippen LogP contribution in [0.4, 0.5) is 4.39 Å². The Morgan fingerprint density at radius 3 is 2.60 bits per heavy atom. The predicted octanol–water partition coefficient (Wildman–Crippen LogP) is 3.55. The molecule has 1 aromatic carbocycles. The summed E-state index contributed by atoms with van der Waals surface area (Å²) < 4.78 is 21.6. The van der Waals surface area contributed by atoms with Gasteiger partial charge in [0.1, 0.15) is 0 Å². The van der Waals surface area contributed by atoms with Crippen molar-refractivity contribution < 1.29 is 9.13 Å². The van der Waals surface area contributed by atoms with Gasteiger partial charge in [-0.15, -0.1) is 0 Å². The van der Waals surface area contributed by atoms with E-state index in [9.17, 15) is 0 Å². The third-order valence-corrected chi connectivity index (χ3v) is 5.21. The molecule has 1 spiro atoms. The predicted molar refractivity (Wildman–Crippen MR) is 78.2 cm³/mol. The molecule has 2 N–H and O–H groups in total. The van der Waals surface area contributed by atoms with Gasteiger partial charge < -0.3 is 10.5 Å². The molecule has 110 valence electrons. The highest BCUT2D eigenvalue weighted by atomic mass is 19.1. The minimum atomic E-state index is -1.42. The average molecular weight is 277 g/mol. The minimum Gasteiger partial charge on any atom is -0.375 e. The van der Waals surface area contributed by atoms with Gasteiger partial charge in [-0.25, -0.2) is 4.39 Å². The topological polar surface area (TPSA) is 35.2 Å². The van der Waals surface area contributed by atoms with Gasteiger partial charge in [-0.05, 0) is 31.2 Å². The molecule has 1 aromatic rings. The Balaban J connectivity index is 1.85. The lowest BCUT2D eigenvalue weighted by Crippen LogP contribution is -2.47. The summed E-state index contributed by atoms with van der Waals surface area (Å²) >= 11 is 0. The summed E-state index contributed by atoms with van der Waals surface area (Å²) in [6, 6.07) is 9.43. The molecule has 2 nitrogen and oxygen atoms in total. The SMILES string of the molecule is NCC(F)(c1ccccc1)C1CCOC2(CCCC2)C1. The molecular weight excluding hydrogens is 253 g/mol. The zero-order valence-corrected chi connectivity index (χ0v) is 12.0. The van der Waals surface area contributed by atoms with Crippen LogP contribution in [0.2, 0.25) is 0 Å². The van der Waals surface area contributed by atoms with Gasteiger partial charge in [0.25, 0.3) is 0 Å². The molecule has 0 radical (unpaired) electrons. The first kappa shape index (κ1) is 14.0. The highest BCUT2D eigenvalue weighted by Crippen LogP contribution is 2.48. The Hall–Kier alpha value is -0.930. The maximum absolute atomic E-state index is 15.6. The van der Waals surface area contributed by atoms with E-state index in [-0.39, 0.29) is 18.1 Å². The van der Waals surface area contributed by atoms with Crippen LogP contribution in [0.25, 0.3) is 0 Å². The van der Waals surface area contributed by atoms with E-state index in [1.54, 1.807) is 0 Å². The van der Waals surface area contributed by atoms with E-state index in [2.05, 4.69) is 0 Å². The summed E-state index contributed by atoms with van der Waals surface area (Å²) in [5, 5.41) is 0. The largest absolute Gasteiger partial charge is 0.375 e. The fraction of sp³-hybridized carbons (Fsp3) is 0.647. The molecule has 0 amide bonds. The van der Waals surface area contributed by atoms with Gasteiger partial charge in [0.2, 0.25) is 0 Å². The van der Waals surface area contributed by atoms with Crippen LogP contribution >= 0.6 is 0 Å². The fourth-order valence-corrected chi connectivity index (χ4v) is 4.02. The van der Waals surface area contributed by atoms with Crippen LogP contribution in [0.1, 0.15) is 44.1 Å². The van der Waals surface area contributed by atoms with Gasteiger partial charge in [-0.3, -0.25) is 0 Å². The highest BCUT2D eigenvalue weighted by Gasteiger charge is 2.48. The highest BCUT2D eigenvalue weighted by molar-refractivity contribution is 5.24. The van der Waals surface area contributed by atoms with E-state index in [1.165, 1.54) is 12.8 Å². The van der Waals surface area contributed by atoms with Crippen LogP contribution in [-0.2, 0) is 10.4 Å². The summed E-state index contributed by atoms with van der Waals surface area (Å²) in [7, 11) is 0. The third-order valence-electron chi connectivity index (χ3n) is 5.21. The monoisotopic (exact) mass is 277 g/mol. The first-order valence-electron chi connectivity index (χ1n) is 7.77. The van der Waals surface area contributed by atoms with Gasteiger partial charge in [0, 0.05) is 19.1 Å². The Morgan fingerprint density at radius 2 is 1.95 bits per heavy atom. The van der Waals surface area contributed by atoms with E-state index >= 15 is 4.39 Å². The van der Waals surface area contributed by atoms with Crippen molar-refractivity contribution in [2.75, 3.05) is 13.2 Å². The van der Waals surface area contributed by atoms with Crippen molar-refractivity contribution in [1.29, 1.82) is 0 Å². The minimum absolute atomic E-state index is 0.0262. The maximum atomic E-state index is 15.6. The summed E-state index contributed by atoms with van der Waals surface area (Å²) in [4.78, 5) is 0. The lowest BCUT2D eigenvalue weighted by atomic mass is 9.73. The van der Waals surface area contributed by atoms with Crippen LogP contribution < -0.4 is 5.73 Å². The number of halogens is 1. The number of benzene rings is 1. The lowest BCUT2D eigenvalue weighted by Gasteiger charge is -2.44. The normalized spacial score (nSPS) is 28.4. The Morgan fingerprint density at radius 1 is 1.25 bits per heavy atom. The molecule has 2 fully saturated rings. The summed E-state index contributed by atoms with van der Waals surface area (Å²) in [6.45, 7) is 0.723. The molecule has 2 unspecified atom stereocenters. The Bertz CT molecular complexity index is 444. The van der Waals surface area contributed by atoms with Gasteiger partial charge >= 0.3 is 0 Å². The second kappa shape index (κ2) is 5.45. The third kappa shape index (κ3) is 2.38. The number of ether oxygens (including phenoxy) is 1. The molecule has 3 heteroatoms. The Kier molecular flexibility index (Phi) is 3.83. The number of hydrogen-bond donors (Lipinski definition) is 1. The molecule has 1 saturated heterocycles. The second-order valence-electron chi connectivity index (χ2n) is 6.36. The zero-order valence-electron chi connectivity index (χ0n) is 12.0. The van der Waals surface area contributed by atoms with E-state index < -0.39 is 5.67 Å². The molecule has 3 rings (SSSR count). The Labute approximate surface area is 120 Å².